The van der Waals surface area contributed by atoms with E-state index in [1.54, 1.807) is 17.0 Å². The zero-order valence-corrected chi connectivity index (χ0v) is 15.9. The molecule has 7 heteroatoms. The van der Waals surface area contributed by atoms with Crippen molar-refractivity contribution in [1.82, 2.24) is 5.32 Å². The second-order valence-corrected chi connectivity index (χ2v) is 6.80. The molecule has 6 nitrogen and oxygen atoms in total. The number of urea groups is 1. The molecular weight excluding hydrogens is 366 g/mol. The molecule has 142 valence electrons. The van der Waals surface area contributed by atoms with Crippen LogP contribution in [-0.4, -0.2) is 32.2 Å². The summed E-state index contributed by atoms with van der Waals surface area (Å²) >= 11 is 5.86. The fourth-order valence-electron chi connectivity index (χ4n) is 3.07. The molecule has 0 aromatic heterocycles. The lowest BCUT2D eigenvalue weighted by molar-refractivity contribution is -0.122. The molecule has 0 saturated carbocycles. The highest BCUT2D eigenvalue weighted by molar-refractivity contribution is 6.30. The first kappa shape index (κ1) is 19.2. The Morgan fingerprint density at radius 1 is 1.19 bits per heavy atom. The monoisotopic (exact) mass is 387 g/mol. The number of benzene rings is 2. The van der Waals surface area contributed by atoms with Crippen molar-refractivity contribution in [3.8, 4) is 0 Å². The number of nitrogens with one attached hydrogen (secondary N) is 2. The van der Waals surface area contributed by atoms with Crippen molar-refractivity contribution < 1.29 is 14.3 Å². The summed E-state index contributed by atoms with van der Waals surface area (Å²) < 4.78 is 4.97. The highest BCUT2D eigenvalue weighted by Crippen LogP contribution is 2.30. The van der Waals surface area contributed by atoms with Gasteiger partial charge >= 0.3 is 6.03 Å². The third-order valence-corrected chi connectivity index (χ3v) is 4.65. The van der Waals surface area contributed by atoms with Crippen LogP contribution in [0, 0.1) is 0 Å². The van der Waals surface area contributed by atoms with Gasteiger partial charge in [-0.05, 0) is 48.2 Å². The smallest absolute Gasteiger partial charge is 0.319 e. The number of aryl methyl sites for hydroxylation is 1. The molecular formula is C20H22ClN3O3. The molecule has 27 heavy (non-hydrogen) atoms. The number of nitrogens with zero attached hydrogens (tertiary/aromatic N) is 1. The molecule has 2 aromatic carbocycles. The van der Waals surface area contributed by atoms with Gasteiger partial charge in [-0.2, -0.15) is 0 Å². The van der Waals surface area contributed by atoms with Crippen molar-refractivity contribution in [2.45, 2.75) is 19.4 Å². The maximum absolute atomic E-state index is 12.3. The van der Waals surface area contributed by atoms with E-state index in [1.807, 2.05) is 30.3 Å². The van der Waals surface area contributed by atoms with Gasteiger partial charge in [0.25, 0.3) is 5.91 Å². The Kier molecular flexibility index (Phi) is 6.32. The zero-order valence-electron chi connectivity index (χ0n) is 15.1. The normalized spacial score (nSPS) is 13.0. The molecule has 0 spiro atoms. The van der Waals surface area contributed by atoms with Crippen LogP contribution < -0.4 is 15.5 Å². The van der Waals surface area contributed by atoms with Crippen LogP contribution >= 0.6 is 11.6 Å². The molecule has 1 aliphatic rings. The first-order chi connectivity index (χ1) is 13.1. The van der Waals surface area contributed by atoms with Gasteiger partial charge in [0.05, 0.1) is 0 Å². The third-order valence-electron chi connectivity index (χ3n) is 4.40. The first-order valence-electron chi connectivity index (χ1n) is 8.78. The van der Waals surface area contributed by atoms with Gasteiger partial charge in [0.2, 0.25) is 0 Å². The zero-order chi connectivity index (χ0) is 19.2. The summed E-state index contributed by atoms with van der Waals surface area (Å²) in [6.45, 7) is 1.09. The molecule has 2 aromatic rings. The topological polar surface area (TPSA) is 70.7 Å². The third kappa shape index (κ3) is 4.99. The van der Waals surface area contributed by atoms with Crippen LogP contribution in [0.2, 0.25) is 5.02 Å². The average Bonchev–Trinajstić information content (AvgIpc) is 2.67. The number of anilines is 2. The average molecular weight is 388 g/mol. The molecule has 0 radical (unpaired) electrons. The largest absolute Gasteiger partial charge is 0.375 e. The Morgan fingerprint density at radius 3 is 2.70 bits per heavy atom. The minimum Gasteiger partial charge on any atom is -0.375 e. The number of hydrogen-bond acceptors (Lipinski definition) is 3. The molecule has 3 amide bonds. The van der Waals surface area contributed by atoms with Crippen LogP contribution in [0.25, 0.3) is 0 Å². The molecule has 0 fully saturated rings. The molecule has 0 atom stereocenters. The first-order valence-corrected chi connectivity index (χ1v) is 9.16. The Labute approximate surface area is 163 Å². The molecule has 1 aliphatic heterocycles. The van der Waals surface area contributed by atoms with Crippen molar-refractivity contribution >= 4 is 34.9 Å². The summed E-state index contributed by atoms with van der Waals surface area (Å²) in [7, 11) is 1.51. The summed E-state index contributed by atoms with van der Waals surface area (Å²) in [5.41, 5.74) is 3.52. The van der Waals surface area contributed by atoms with Crippen LogP contribution in [0.3, 0.4) is 0 Å². The lowest BCUT2D eigenvalue weighted by atomic mass is 10.0. The van der Waals surface area contributed by atoms with Gasteiger partial charge in [0.1, 0.15) is 6.61 Å². The number of amides is 3. The lowest BCUT2D eigenvalue weighted by Crippen LogP contribution is -2.37. The minimum absolute atomic E-state index is 0.0404. The Hall–Kier alpha value is -2.57. The van der Waals surface area contributed by atoms with Gasteiger partial charge < -0.3 is 20.3 Å². The Bertz CT molecular complexity index is 824. The SMILES string of the molecule is COCC(=O)N1CCCc2ccc(NC(=O)NCc3ccc(Cl)cc3)cc21. The number of methoxy groups -OCH3 is 1. The van der Waals surface area contributed by atoms with Crippen LogP contribution in [0.15, 0.2) is 42.5 Å². The fourth-order valence-corrected chi connectivity index (χ4v) is 3.20. The quantitative estimate of drug-likeness (QED) is 0.823. The second-order valence-electron chi connectivity index (χ2n) is 6.36. The molecule has 0 unspecified atom stereocenters. The van der Waals surface area contributed by atoms with Crippen molar-refractivity contribution in [3.63, 3.8) is 0 Å². The van der Waals surface area contributed by atoms with Gasteiger partial charge in [0, 0.05) is 36.6 Å². The molecule has 1 heterocycles. The highest BCUT2D eigenvalue weighted by atomic mass is 35.5. The summed E-state index contributed by atoms with van der Waals surface area (Å²) in [6.07, 6.45) is 1.83. The Balaban J connectivity index is 1.65. The van der Waals surface area contributed by atoms with Gasteiger partial charge in [-0.3, -0.25) is 4.79 Å². The number of fused-ring (bicyclic) bond motifs is 1. The number of hydrogen-bond donors (Lipinski definition) is 2. The van der Waals surface area contributed by atoms with Crippen LogP contribution in [0.4, 0.5) is 16.2 Å². The van der Waals surface area contributed by atoms with E-state index in [-0.39, 0.29) is 18.5 Å². The van der Waals surface area contributed by atoms with Crippen LogP contribution in [0.1, 0.15) is 17.5 Å². The summed E-state index contributed by atoms with van der Waals surface area (Å²) in [4.78, 5) is 26.2. The Morgan fingerprint density at radius 2 is 1.96 bits per heavy atom. The maximum Gasteiger partial charge on any atom is 0.319 e. The van der Waals surface area contributed by atoms with E-state index < -0.39 is 0 Å². The molecule has 0 aliphatic carbocycles. The van der Waals surface area contributed by atoms with E-state index in [2.05, 4.69) is 10.6 Å². The van der Waals surface area contributed by atoms with Crippen molar-refractivity contribution in [2.75, 3.05) is 30.5 Å². The highest BCUT2D eigenvalue weighted by Gasteiger charge is 2.22. The number of carbonyl (C=O) groups excluding carboxylic acids is 2. The standard InChI is InChI=1S/C20H22ClN3O3/c1-27-13-19(25)24-10-2-3-15-6-9-17(11-18(15)24)23-20(26)22-12-14-4-7-16(21)8-5-14/h4-9,11H,2-3,10,12-13H2,1H3,(H2,22,23,26). The van der Waals surface area contributed by atoms with Crippen molar-refractivity contribution in [3.05, 3.63) is 58.6 Å². The van der Waals surface area contributed by atoms with Gasteiger partial charge in [-0.15, -0.1) is 0 Å². The summed E-state index contributed by atoms with van der Waals surface area (Å²) in [5, 5.41) is 6.28. The number of carbonyl (C=O) groups is 2. The van der Waals surface area contributed by atoms with Crippen LogP contribution in [-0.2, 0) is 22.5 Å². The van der Waals surface area contributed by atoms with Gasteiger partial charge in [-0.1, -0.05) is 29.8 Å². The summed E-state index contributed by atoms with van der Waals surface area (Å²) in [6, 6.07) is 12.6. The molecule has 0 bridgehead atoms. The number of halogens is 1. The van der Waals surface area contributed by atoms with E-state index in [4.69, 9.17) is 16.3 Å². The predicted molar refractivity (Wildman–Crippen MR) is 106 cm³/mol. The minimum atomic E-state index is -0.310. The van der Waals surface area contributed by atoms with E-state index in [1.165, 1.54) is 7.11 Å². The van der Waals surface area contributed by atoms with E-state index in [9.17, 15) is 9.59 Å². The van der Waals surface area contributed by atoms with Gasteiger partial charge in [0.15, 0.2) is 0 Å². The maximum atomic E-state index is 12.3. The molecule has 3 rings (SSSR count). The van der Waals surface area contributed by atoms with Crippen LogP contribution in [0.5, 0.6) is 0 Å². The van der Waals surface area contributed by atoms with Crippen molar-refractivity contribution in [2.24, 2.45) is 0 Å². The fraction of sp³-hybridized carbons (Fsp3) is 0.300. The second kappa shape index (κ2) is 8.88. The number of ether oxygens (including phenoxy) is 1. The van der Waals surface area contributed by atoms with E-state index in [0.29, 0.717) is 23.8 Å². The lowest BCUT2D eigenvalue weighted by Gasteiger charge is -2.29. The van der Waals surface area contributed by atoms with Gasteiger partial charge in [-0.25, -0.2) is 4.79 Å². The number of rotatable bonds is 5. The summed E-state index contributed by atoms with van der Waals surface area (Å²) in [5.74, 6) is -0.0808. The molecule has 2 N–H and O–H groups in total. The van der Waals surface area contributed by atoms with Crippen molar-refractivity contribution in [1.29, 1.82) is 0 Å². The van der Waals surface area contributed by atoms with E-state index >= 15 is 0 Å². The predicted octanol–water partition coefficient (Wildman–Crippen LogP) is 3.59. The van der Waals surface area contributed by atoms with E-state index in [0.717, 1.165) is 29.7 Å². The molecule has 0 saturated heterocycles.